The van der Waals surface area contributed by atoms with Crippen molar-refractivity contribution in [1.82, 2.24) is 0 Å². The largest absolute Gasteiger partial charge is 0.364 e. The third-order valence-corrected chi connectivity index (χ3v) is 10.2. The SMILES string of the molecule is C=C(/C=C\C=C(\F)CF)C1=C(/C=C/C2N(CCC)c3ccccc3C2(C)C)CCC/C1=C\C=C1\N(CCC)c2ccccc2C1(C)C. The van der Waals surface area contributed by atoms with Crippen LogP contribution in [0.4, 0.5) is 20.2 Å². The molecule has 2 heterocycles. The van der Waals surface area contributed by atoms with E-state index in [2.05, 4.69) is 131 Å². The zero-order valence-corrected chi connectivity index (χ0v) is 29.3. The smallest absolute Gasteiger partial charge is 0.141 e. The quantitative estimate of drug-likeness (QED) is 0.227. The Morgan fingerprint density at radius 2 is 1.60 bits per heavy atom. The third kappa shape index (κ3) is 6.75. The molecule has 1 aliphatic carbocycles. The summed E-state index contributed by atoms with van der Waals surface area (Å²) in [6.07, 6.45) is 19.0. The molecule has 1 atom stereocenters. The van der Waals surface area contributed by atoms with Crippen molar-refractivity contribution >= 4 is 11.4 Å². The van der Waals surface area contributed by atoms with Gasteiger partial charge >= 0.3 is 0 Å². The predicted octanol–water partition coefficient (Wildman–Crippen LogP) is 11.6. The van der Waals surface area contributed by atoms with Crippen molar-refractivity contribution in [1.29, 1.82) is 0 Å². The molecule has 0 radical (unpaired) electrons. The van der Waals surface area contributed by atoms with Crippen molar-refractivity contribution in [2.45, 2.75) is 90.5 Å². The number of rotatable bonds is 11. The molecule has 47 heavy (non-hydrogen) atoms. The molecule has 2 aromatic rings. The highest BCUT2D eigenvalue weighted by molar-refractivity contribution is 5.71. The lowest BCUT2D eigenvalue weighted by Crippen LogP contribution is -2.40. The molecule has 0 bridgehead atoms. The zero-order valence-electron chi connectivity index (χ0n) is 29.3. The van der Waals surface area contributed by atoms with E-state index in [9.17, 15) is 8.78 Å². The number of hydrogen-bond acceptors (Lipinski definition) is 2. The number of fused-ring (bicyclic) bond motifs is 2. The van der Waals surface area contributed by atoms with Gasteiger partial charge in [-0.2, -0.15) is 0 Å². The molecular weight excluding hydrogens is 582 g/mol. The monoisotopic (exact) mass is 634 g/mol. The van der Waals surface area contributed by atoms with E-state index in [1.165, 1.54) is 45.4 Å². The second kappa shape index (κ2) is 14.5. The summed E-state index contributed by atoms with van der Waals surface area (Å²) < 4.78 is 26.5. The van der Waals surface area contributed by atoms with E-state index in [0.29, 0.717) is 0 Å². The first-order valence-corrected chi connectivity index (χ1v) is 17.4. The lowest BCUT2D eigenvalue weighted by molar-refractivity contribution is 0.459. The van der Waals surface area contributed by atoms with Crippen molar-refractivity contribution in [2.24, 2.45) is 0 Å². The highest BCUT2D eigenvalue weighted by atomic mass is 19.2. The highest BCUT2D eigenvalue weighted by Gasteiger charge is 2.43. The normalized spacial score (nSPS) is 22.3. The van der Waals surface area contributed by atoms with Crippen LogP contribution in [0.3, 0.4) is 0 Å². The van der Waals surface area contributed by atoms with Gasteiger partial charge in [0.05, 0.1) is 6.04 Å². The van der Waals surface area contributed by atoms with Gasteiger partial charge in [0.2, 0.25) is 0 Å². The Hall–Kier alpha value is -3.92. The van der Waals surface area contributed by atoms with Crippen LogP contribution < -0.4 is 9.80 Å². The number of anilines is 2. The minimum absolute atomic E-state index is 0.0435. The maximum Gasteiger partial charge on any atom is 0.141 e. The summed E-state index contributed by atoms with van der Waals surface area (Å²) >= 11 is 0. The van der Waals surface area contributed by atoms with Gasteiger partial charge in [-0.3, -0.25) is 0 Å². The number of allylic oxidation sites excluding steroid dienone is 12. The van der Waals surface area contributed by atoms with Gasteiger partial charge in [0.25, 0.3) is 0 Å². The molecule has 2 aromatic carbocycles. The van der Waals surface area contributed by atoms with Crippen molar-refractivity contribution < 1.29 is 8.78 Å². The highest BCUT2D eigenvalue weighted by Crippen LogP contribution is 2.48. The minimum atomic E-state index is -1.10. The fraction of sp³-hybridized carbons (Fsp3) is 0.395. The van der Waals surface area contributed by atoms with Gasteiger partial charge in [-0.15, -0.1) is 0 Å². The van der Waals surface area contributed by atoms with Gasteiger partial charge in [-0.05, 0) is 89.8 Å². The molecule has 0 saturated heterocycles. The number of alkyl halides is 1. The maximum atomic E-state index is 13.7. The summed E-state index contributed by atoms with van der Waals surface area (Å²) in [6.45, 7) is 19.1. The van der Waals surface area contributed by atoms with Gasteiger partial charge in [0, 0.05) is 41.0 Å². The molecule has 0 spiro atoms. The van der Waals surface area contributed by atoms with Crippen LogP contribution in [-0.4, -0.2) is 25.8 Å². The molecule has 0 saturated carbocycles. The van der Waals surface area contributed by atoms with E-state index in [1.54, 1.807) is 6.08 Å². The molecule has 0 fully saturated rings. The average molecular weight is 635 g/mol. The van der Waals surface area contributed by atoms with Crippen LogP contribution >= 0.6 is 0 Å². The Morgan fingerprint density at radius 1 is 0.915 bits per heavy atom. The topological polar surface area (TPSA) is 6.48 Å². The average Bonchev–Trinajstić information content (AvgIpc) is 3.41. The molecule has 248 valence electrons. The van der Waals surface area contributed by atoms with Crippen LogP contribution in [0.1, 0.15) is 84.8 Å². The Labute approximate surface area is 282 Å². The summed E-state index contributed by atoms with van der Waals surface area (Å²) in [5.41, 5.74) is 10.9. The van der Waals surface area contributed by atoms with E-state index in [1.807, 2.05) is 6.08 Å². The first-order chi connectivity index (χ1) is 22.6. The molecule has 0 amide bonds. The number of nitrogens with zero attached hydrogens (tertiary/aromatic N) is 2. The summed E-state index contributed by atoms with van der Waals surface area (Å²) in [4.78, 5) is 5.03. The lowest BCUT2D eigenvalue weighted by atomic mass is 9.79. The number of para-hydroxylation sites is 2. The summed E-state index contributed by atoms with van der Waals surface area (Å²) in [6, 6.07) is 17.8. The fourth-order valence-electron chi connectivity index (χ4n) is 7.87. The van der Waals surface area contributed by atoms with Crippen LogP contribution in [0.5, 0.6) is 0 Å². The van der Waals surface area contributed by atoms with Gasteiger partial charge < -0.3 is 9.80 Å². The number of hydrogen-bond donors (Lipinski definition) is 0. The van der Waals surface area contributed by atoms with Crippen LogP contribution in [0.15, 0.2) is 131 Å². The molecule has 4 heteroatoms. The number of benzene rings is 2. The van der Waals surface area contributed by atoms with Crippen molar-refractivity contribution in [3.05, 3.63) is 143 Å². The van der Waals surface area contributed by atoms with Gasteiger partial charge in [-0.1, -0.05) is 115 Å². The van der Waals surface area contributed by atoms with E-state index < -0.39 is 12.5 Å². The first kappa shape index (κ1) is 34.4. The molecule has 0 N–H and O–H groups in total. The van der Waals surface area contributed by atoms with E-state index in [-0.39, 0.29) is 16.9 Å². The minimum Gasteiger partial charge on any atom is -0.364 e. The van der Waals surface area contributed by atoms with E-state index in [4.69, 9.17) is 0 Å². The number of halogens is 2. The molecule has 5 rings (SSSR count). The summed E-state index contributed by atoms with van der Waals surface area (Å²) in [7, 11) is 0. The van der Waals surface area contributed by atoms with Gasteiger partial charge in [0.1, 0.15) is 12.5 Å². The van der Waals surface area contributed by atoms with Crippen molar-refractivity contribution in [3.63, 3.8) is 0 Å². The van der Waals surface area contributed by atoms with Crippen molar-refractivity contribution in [3.8, 4) is 0 Å². The molecule has 2 aliphatic heterocycles. The van der Waals surface area contributed by atoms with Crippen LogP contribution in [0, 0.1) is 0 Å². The Kier molecular flexibility index (Phi) is 10.6. The van der Waals surface area contributed by atoms with Gasteiger partial charge in [-0.25, -0.2) is 8.78 Å². The standard InChI is InChI=1S/C43H52F2N2/c1-8-28-46-37-22-12-10-20-35(37)42(4,5)39(46)26-24-32-17-15-18-33(41(32)31(3)16-14-19-34(45)30-44)25-27-40-43(6,7)36-21-11-13-23-38(36)47(40)29-9-2/h10-14,16,19-27,39H,3,8-9,15,17-18,28-30H2,1-2,4-7H3/b16-14-,26-24+,33-25+,34-19+,40-27+. The van der Waals surface area contributed by atoms with Crippen LogP contribution in [0.25, 0.3) is 0 Å². The maximum absolute atomic E-state index is 13.7. The third-order valence-electron chi connectivity index (χ3n) is 10.2. The van der Waals surface area contributed by atoms with E-state index >= 15 is 0 Å². The Balaban J connectivity index is 1.59. The Morgan fingerprint density at radius 3 is 2.30 bits per heavy atom. The molecule has 3 aliphatic rings. The lowest BCUT2D eigenvalue weighted by Gasteiger charge is -2.32. The molecular formula is C43H52F2N2. The predicted molar refractivity (Wildman–Crippen MR) is 198 cm³/mol. The van der Waals surface area contributed by atoms with Crippen LogP contribution in [0.2, 0.25) is 0 Å². The van der Waals surface area contributed by atoms with Crippen molar-refractivity contribution in [2.75, 3.05) is 29.6 Å². The summed E-state index contributed by atoms with van der Waals surface area (Å²) in [5.74, 6) is -0.787. The summed E-state index contributed by atoms with van der Waals surface area (Å²) in [5, 5.41) is 0. The molecule has 2 nitrogen and oxygen atoms in total. The second-order valence-corrected chi connectivity index (χ2v) is 14.2. The van der Waals surface area contributed by atoms with Crippen LogP contribution in [-0.2, 0) is 10.8 Å². The second-order valence-electron chi connectivity index (χ2n) is 14.2. The Bertz CT molecular complexity index is 1660. The zero-order chi connectivity index (χ0) is 33.8. The molecule has 0 aromatic heterocycles. The van der Waals surface area contributed by atoms with E-state index in [0.717, 1.165) is 56.3 Å². The fourth-order valence-corrected chi connectivity index (χ4v) is 7.87. The first-order valence-electron chi connectivity index (χ1n) is 17.4. The molecule has 1 unspecified atom stereocenters. The van der Waals surface area contributed by atoms with Gasteiger partial charge in [0.15, 0.2) is 0 Å².